The van der Waals surface area contributed by atoms with Crippen LogP contribution in [0.1, 0.15) is 43.4 Å². The van der Waals surface area contributed by atoms with Crippen molar-refractivity contribution in [3.63, 3.8) is 0 Å². The molecule has 0 aliphatic rings. The van der Waals surface area contributed by atoms with Crippen molar-refractivity contribution >= 4 is 39.5 Å². The number of rotatable bonds is 10. The van der Waals surface area contributed by atoms with Crippen LogP contribution in [0.2, 0.25) is 0 Å². The minimum Gasteiger partial charge on any atom is -0.490 e. The van der Waals surface area contributed by atoms with E-state index in [0.717, 1.165) is 15.8 Å². The van der Waals surface area contributed by atoms with Crippen molar-refractivity contribution in [2.75, 3.05) is 26.9 Å². The van der Waals surface area contributed by atoms with Gasteiger partial charge in [-0.1, -0.05) is 26.0 Å². The molecule has 0 aliphatic heterocycles. The van der Waals surface area contributed by atoms with Crippen molar-refractivity contribution in [3.05, 3.63) is 51.5 Å². The van der Waals surface area contributed by atoms with Crippen LogP contribution in [-0.2, 0) is 0 Å². The minimum atomic E-state index is 0.385. The Hall–Kier alpha value is -2.32. The second kappa shape index (κ2) is 12.5. The predicted octanol–water partition coefficient (Wildman–Crippen LogP) is 5.17. The molecule has 0 atom stereocenters. The second-order valence-corrected chi connectivity index (χ2v) is 8.37. The Balaban J connectivity index is 2.06. The molecular weight excluding hydrogens is 478 g/mol. The molecule has 2 rings (SSSR count). The first kappa shape index (κ1) is 24.9. The van der Waals surface area contributed by atoms with Gasteiger partial charge in [-0.05, 0) is 82.8 Å². The summed E-state index contributed by atoms with van der Waals surface area (Å²) in [6.45, 7) is 9.64. The largest absolute Gasteiger partial charge is 0.490 e. The van der Waals surface area contributed by atoms with E-state index < -0.39 is 0 Å². The lowest BCUT2D eigenvalue weighted by Gasteiger charge is -2.17. The van der Waals surface area contributed by atoms with Gasteiger partial charge in [-0.2, -0.15) is 5.10 Å². The van der Waals surface area contributed by atoms with Gasteiger partial charge in [0.15, 0.2) is 16.6 Å². The molecule has 0 radical (unpaired) electrons. The van der Waals surface area contributed by atoms with Crippen LogP contribution < -0.4 is 25.0 Å². The number of hydrazone groups is 1. The van der Waals surface area contributed by atoms with Gasteiger partial charge in [-0.15, -0.1) is 0 Å². The van der Waals surface area contributed by atoms with E-state index in [-0.39, 0.29) is 0 Å². The van der Waals surface area contributed by atoms with E-state index in [1.54, 1.807) is 13.3 Å². The fourth-order valence-electron chi connectivity index (χ4n) is 2.83. The van der Waals surface area contributed by atoms with Gasteiger partial charge in [-0.25, -0.2) is 0 Å². The minimum absolute atomic E-state index is 0.385. The summed E-state index contributed by atoms with van der Waals surface area (Å²) in [6.07, 6.45) is 1.66. The van der Waals surface area contributed by atoms with Crippen LogP contribution in [0.25, 0.3) is 0 Å². The van der Waals surface area contributed by atoms with E-state index in [9.17, 15) is 0 Å². The highest BCUT2D eigenvalue weighted by molar-refractivity contribution is 9.10. The van der Waals surface area contributed by atoms with E-state index in [4.69, 9.17) is 26.4 Å². The Kier molecular flexibility index (Phi) is 10.1. The number of aryl methyl sites for hydroxylation is 1. The van der Waals surface area contributed by atoms with Gasteiger partial charge in [0.2, 0.25) is 0 Å². The summed E-state index contributed by atoms with van der Waals surface area (Å²) in [5, 5.41) is 7.34. The molecule has 0 aromatic heterocycles. The van der Waals surface area contributed by atoms with Crippen LogP contribution in [0.4, 0.5) is 0 Å². The van der Waals surface area contributed by atoms with Crippen molar-refractivity contribution in [1.82, 2.24) is 10.7 Å². The average Bonchev–Trinajstić information content (AvgIpc) is 2.72. The Bertz CT molecular complexity index is 919. The molecule has 168 valence electrons. The summed E-state index contributed by atoms with van der Waals surface area (Å²) in [5.74, 6) is 2.56. The van der Waals surface area contributed by atoms with E-state index in [1.807, 2.05) is 19.1 Å². The summed E-state index contributed by atoms with van der Waals surface area (Å²) in [4.78, 5) is 0. The molecule has 0 saturated heterocycles. The predicted molar refractivity (Wildman–Crippen MR) is 134 cm³/mol. The normalized spacial score (nSPS) is 10.9. The molecule has 0 saturated carbocycles. The van der Waals surface area contributed by atoms with E-state index in [2.05, 4.69) is 70.7 Å². The molecule has 0 fully saturated rings. The zero-order valence-corrected chi connectivity index (χ0v) is 21.0. The number of nitrogens with one attached hydrogen (secondary N) is 2. The molecule has 0 amide bonds. The van der Waals surface area contributed by atoms with Crippen LogP contribution in [-0.4, -0.2) is 38.2 Å². The van der Waals surface area contributed by atoms with Crippen molar-refractivity contribution in [3.8, 4) is 17.2 Å². The first-order valence-electron chi connectivity index (χ1n) is 10.2. The van der Waals surface area contributed by atoms with Crippen molar-refractivity contribution in [1.29, 1.82) is 0 Å². The number of hydrogen-bond donors (Lipinski definition) is 2. The molecule has 2 N–H and O–H groups in total. The summed E-state index contributed by atoms with van der Waals surface area (Å²) in [6, 6.07) is 10.1. The Labute approximate surface area is 198 Å². The molecule has 8 heteroatoms. The van der Waals surface area contributed by atoms with Gasteiger partial charge in [0, 0.05) is 7.05 Å². The molecule has 0 spiro atoms. The number of ether oxygens (including phenoxy) is 3. The van der Waals surface area contributed by atoms with Gasteiger partial charge < -0.3 is 19.5 Å². The first-order chi connectivity index (χ1) is 14.8. The molecule has 0 unspecified atom stereocenters. The Morgan fingerprint density at radius 2 is 1.87 bits per heavy atom. The number of nitrogens with zero attached hydrogens (tertiary/aromatic N) is 1. The SMILES string of the molecule is CCOc1cc(/C=N\NC(=S)NC)cc(Br)c1OCCOc1cc(C)ccc1C(C)C. The Morgan fingerprint density at radius 1 is 1.13 bits per heavy atom. The maximum absolute atomic E-state index is 6.02. The maximum atomic E-state index is 6.02. The van der Waals surface area contributed by atoms with Crippen LogP contribution >= 0.6 is 28.1 Å². The van der Waals surface area contributed by atoms with Crippen LogP contribution in [0.15, 0.2) is 39.9 Å². The van der Waals surface area contributed by atoms with E-state index in [0.29, 0.717) is 42.4 Å². The van der Waals surface area contributed by atoms with Crippen molar-refractivity contribution in [2.45, 2.75) is 33.6 Å². The third kappa shape index (κ3) is 7.70. The molecule has 0 bridgehead atoms. The molecule has 2 aromatic carbocycles. The monoisotopic (exact) mass is 507 g/mol. The van der Waals surface area contributed by atoms with E-state index >= 15 is 0 Å². The molecule has 2 aromatic rings. The summed E-state index contributed by atoms with van der Waals surface area (Å²) >= 11 is 8.58. The highest BCUT2D eigenvalue weighted by Gasteiger charge is 2.13. The van der Waals surface area contributed by atoms with Crippen molar-refractivity contribution < 1.29 is 14.2 Å². The summed E-state index contributed by atoms with van der Waals surface area (Å²) in [5.41, 5.74) is 5.93. The van der Waals surface area contributed by atoms with Crippen LogP contribution in [0, 0.1) is 6.92 Å². The quantitative estimate of drug-likeness (QED) is 0.200. The lowest BCUT2D eigenvalue weighted by molar-refractivity contribution is 0.206. The van der Waals surface area contributed by atoms with Crippen LogP contribution in [0.3, 0.4) is 0 Å². The summed E-state index contributed by atoms with van der Waals surface area (Å²) < 4.78 is 18.6. The lowest BCUT2D eigenvalue weighted by atomic mass is 10.0. The standard InChI is InChI=1S/C23H30BrN3O3S/c1-6-28-21-13-17(14-26-27-23(31)25-5)12-19(24)22(21)30-10-9-29-20-11-16(4)7-8-18(20)15(2)3/h7-8,11-15H,6,9-10H2,1-5H3,(H2,25,27,31)/b26-14-. The Morgan fingerprint density at radius 3 is 2.55 bits per heavy atom. The average molecular weight is 508 g/mol. The second-order valence-electron chi connectivity index (χ2n) is 7.11. The van der Waals surface area contributed by atoms with Gasteiger partial charge in [0.1, 0.15) is 19.0 Å². The van der Waals surface area contributed by atoms with Gasteiger partial charge in [0.25, 0.3) is 0 Å². The number of hydrogen-bond acceptors (Lipinski definition) is 5. The number of halogens is 1. The zero-order valence-electron chi connectivity index (χ0n) is 18.6. The smallest absolute Gasteiger partial charge is 0.186 e. The molecular formula is C23H30BrN3O3S. The molecule has 0 aliphatic carbocycles. The molecule has 0 heterocycles. The third-order valence-electron chi connectivity index (χ3n) is 4.32. The maximum Gasteiger partial charge on any atom is 0.186 e. The highest BCUT2D eigenvalue weighted by Crippen LogP contribution is 2.36. The van der Waals surface area contributed by atoms with Gasteiger partial charge in [-0.3, -0.25) is 5.43 Å². The molecule has 31 heavy (non-hydrogen) atoms. The molecule has 6 nitrogen and oxygen atoms in total. The lowest BCUT2D eigenvalue weighted by Crippen LogP contribution is -2.28. The third-order valence-corrected chi connectivity index (χ3v) is 5.20. The first-order valence-corrected chi connectivity index (χ1v) is 11.4. The number of thiocarbonyl (C=S) groups is 1. The highest BCUT2D eigenvalue weighted by atomic mass is 79.9. The van der Waals surface area contributed by atoms with Gasteiger partial charge >= 0.3 is 0 Å². The van der Waals surface area contributed by atoms with Crippen LogP contribution in [0.5, 0.6) is 17.2 Å². The summed E-state index contributed by atoms with van der Waals surface area (Å²) in [7, 11) is 1.73. The van der Waals surface area contributed by atoms with E-state index in [1.165, 1.54) is 11.1 Å². The van der Waals surface area contributed by atoms with Gasteiger partial charge in [0.05, 0.1) is 17.3 Å². The fraction of sp³-hybridized carbons (Fsp3) is 0.391. The number of benzene rings is 2. The fourth-order valence-corrected chi connectivity index (χ4v) is 3.45. The zero-order chi connectivity index (χ0) is 22.8. The van der Waals surface area contributed by atoms with Crippen molar-refractivity contribution in [2.24, 2.45) is 5.10 Å². The topological polar surface area (TPSA) is 64.1 Å².